The maximum absolute atomic E-state index is 4.73. The summed E-state index contributed by atoms with van der Waals surface area (Å²) in [5, 5.41) is 11.4. The van der Waals surface area contributed by atoms with Crippen molar-refractivity contribution in [3.8, 4) is 11.3 Å². The zero-order chi connectivity index (χ0) is 16.2. The molecule has 1 N–H and O–H groups in total. The summed E-state index contributed by atoms with van der Waals surface area (Å²) in [7, 11) is 0. The van der Waals surface area contributed by atoms with Gasteiger partial charge in [-0.15, -0.1) is 5.10 Å². The van der Waals surface area contributed by atoms with E-state index in [0.717, 1.165) is 42.5 Å². The zero-order valence-corrected chi connectivity index (χ0v) is 13.2. The van der Waals surface area contributed by atoms with Gasteiger partial charge in [0, 0.05) is 37.1 Å². The fraction of sp³-hybridized carbons (Fsp3) is 0.222. The van der Waals surface area contributed by atoms with E-state index in [-0.39, 0.29) is 0 Å². The minimum Gasteiger partial charge on any atom is -0.364 e. The molecule has 1 aliphatic rings. The summed E-state index contributed by atoms with van der Waals surface area (Å²) in [6.45, 7) is 1.78. The molecule has 6 heteroatoms. The fourth-order valence-electron chi connectivity index (χ4n) is 2.92. The van der Waals surface area contributed by atoms with Crippen LogP contribution in [0.3, 0.4) is 0 Å². The third kappa shape index (κ3) is 3.17. The smallest absolute Gasteiger partial charge is 0.225 e. The summed E-state index contributed by atoms with van der Waals surface area (Å²) in [4.78, 5) is 11.4. The standard InChI is InChI=1S/C18H18N6/c1-2-5-14(6-3-1)16-8-11-19-18(22-16)24-12-9-15(13-24)21-17-7-4-10-20-23-17/h1-8,10-11,15H,9,12-13H2,(H,21,23). The van der Waals surface area contributed by atoms with Crippen LogP contribution in [0.2, 0.25) is 0 Å². The van der Waals surface area contributed by atoms with Crippen LogP contribution in [-0.4, -0.2) is 39.3 Å². The summed E-state index contributed by atoms with van der Waals surface area (Å²) < 4.78 is 0. The molecule has 6 nitrogen and oxygen atoms in total. The first-order valence-electron chi connectivity index (χ1n) is 8.06. The summed E-state index contributed by atoms with van der Waals surface area (Å²) in [5.41, 5.74) is 2.06. The average molecular weight is 318 g/mol. The van der Waals surface area contributed by atoms with Gasteiger partial charge < -0.3 is 10.2 Å². The molecule has 3 aromatic rings. The molecule has 1 saturated heterocycles. The molecule has 0 amide bonds. The second kappa shape index (κ2) is 6.62. The predicted octanol–water partition coefficient (Wildman–Crippen LogP) is 2.62. The summed E-state index contributed by atoms with van der Waals surface area (Å²) in [6, 6.07) is 16.3. The Balaban J connectivity index is 1.47. The molecule has 3 heterocycles. The van der Waals surface area contributed by atoms with E-state index in [9.17, 15) is 0 Å². The molecule has 2 aromatic heterocycles. The Hall–Kier alpha value is -3.02. The largest absolute Gasteiger partial charge is 0.364 e. The van der Waals surface area contributed by atoms with E-state index in [4.69, 9.17) is 4.98 Å². The highest BCUT2D eigenvalue weighted by Crippen LogP contribution is 2.22. The number of rotatable bonds is 4. The van der Waals surface area contributed by atoms with Crippen molar-refractivity contribution in [2.45, 2.75) is 12.5 Å². The highest BCUT2D eigenvalue weighted by molar-refractivity contribution is 5.60. The van der Waals surface area contributed by atoms with Crippen LogP contribution in [0.1, 0.15) is 6.42 Å². The summed E-state index contributed by atoms with van der Waals surface area (Å²) in [5.74, 6) is 1.59. The average Bonchev–Trinajstić information content (AvgIpc) is 3.12. The highest BCUT2D eigenvalue weighted by Gasteiger charge is 2.24. The van der Waals surface area contributed by atoms with Crippen molar-refractivity contribution < 1.29 is 0 Å². The van der Waals surface area contributed by atoms with Gasteiger partial charge in [0.1, 0.15) is 5.82 Å². The molecular weight excluding hydrogens is 300 g/mol. The number of hydrogen-bond donors (Lipinski definition) is 1. The molecule has 4 rings (SSSR count). The van der Waals surface area contributed by atoms with Crippen LogP contribution in [-0.2, 0) is 0 Å². The number of nitrogens with one attached hydrogen (secondary N) is 1. The second-order valence-electron chi connectivity index (χ2n) is 5.79. The van der Waals surface area contributed by atoms with E-state index in [1.165, 1.54) is 0 Å². The molecule has 120 valence electrons. The van der Waals surface area contributed by atoms with Crippen LogP contribution in [0, 0.1) is 0 Å². The first kappa shape index (κ1) is 14.6. The van der Waals surface area contributed by atoms with Crippen molar-refractivity contribution in [1.29, 1.82) is 0 Å². The Labute approximate surface area is 140 Å². The first-order chi connectivity index (χ1) is 11.9. The van der Waals surface area contributed by atoms with Crippen molar-refractivity contribution in [2.24, 2.45) is 0 Å². The zero-order valence-electron chi connectivity index (χ0n) is 13.2. The van der Waals surface area contributed by atoms with Gasteiger partial charge in [-0.1, -0.05) is 30.3 Å². The molecule has 1 unspecified atom stereocenters. The Kier molecular flexibility index (Phi) is 4.02. The Morgan fingerprint density at radius 1 is 1.00 bits per heavy atom. The highest BCUT2D eigenvalue weighted by atomic mass is 15.3. The lowest BCUT2D eigenvalue weighted by Crippen LogP contribution is -2.27. The van der Waals surface area contributed by atoms with Gasteiger partial charge in [0.25, 0.3) is 0 Å². The monoisotopic (exact) mass is 318 g/mol. The third-order valence-electron chi connectivity index (χ3n) is 4.11. The minimum atomic E-state index is 0.325. The van der Waals surface area contributed by atoms with Crippen LogP contribution in [0.5, 0.6) is 0 Å². The molecule has 1 fully saturated rings. The third-order valence-corrected chi connectivity index (χ3v) is 4.11. The molecule has 0 radical (unpaired) electrons. The van der Waals surface area contributed by atoms with Gasteiger partial charge in [0.15, 0.2) is 0 Å². The lowest BCUT2D eigenvalue weighted by molar-refractivity contribution is 0.791. The predicted molar refractivity (Wildman–Crippen MR) is 93.7 cm³/mol. The van der Waals surface area contributed by atoms with Crippen molar-refractivity contribution in [2.75, 3.05) is 23.3 Å². The number of benzene rings is 1. The van der Waals surface area contributed by atoms with Gasteiger partial charge in [0.2, 0.25) is 5.95 Å². The number of anilines is 2. The SMILES string of the molecule is c1ccc(-c2ccnc(N3CCC(Nc4cccnn4)C3)n2)cc1. The van der Waals surface area contributed by atoms with Gasteiger partial charge in [0.05, 0.1) is 5.69 Å². The van der Waals surface area contributed by atoms with Crippen molar-refractivity contribution in [1.82, 2.24) is 20.2 Å². The maximum Gasteiger partial charge on any atom is 0.225 e. The molecular formula is C18H18N6. The topological polar surface area (TPSA) is 66.8 Å². The minimum absolute atomic E-state index is 0.325. The van der Waals surface area contributed by atoms with Crippen molar-refractivity contribution >= 4 is 11.8 Å². The van der Waals surface area contributed by atoms with E-state index in [2.05, 4.69) is 37.5 Å². The van der Waals surface area contributed by atoms with Gasteiger partial charge in [-0.3, -0.25) is 0 Å². The number of aromatic nitrogens is 4. The summed E-state index contributed by atoms with van der Waals surface area (Å²) in [6.07, 6.45) is 4.53. The lowest BCUT2D eigenvalue weighted by atomic mass is 10.1. The van der Waals surface area contributed by atoms with Gasteiger partial charge in [-0.2, -0.15) is 5.10 Å². The molecule has 1 atom stereocenters. The fourth-order valence-corrected chi connectivity index (χ4v) is 2.92. The Morgan fingerprint density at radius 2 is 1.92 bits per heavy atom. The molecule has 1 aromatic carbocycles. The second-order valence-corrected chi connectivity index (χ2v) is 5.79. The summed E-state index contributed by atoms with van der Waals surface area (Å²) >= 11 is 0. The van der Waals surface area contributed by atoms with Crippen molar-refractivity contribution in [3.63, 3.8) is 0 Å². The number of hydrogen-bond acceptors (Lipinski definition) is 6. The normalized spacial score (nSPS) is 17.0. The van der Waals surface area contributed by atoms with Gasteiger partial charge in [-0.25, -0.2) is 9.97 Å². The molecule has 24 heavy (non-hydrogen) atoms. The van der Waals surface area contributed by atoms with Gasteiger partial charge in [-0.05, 0) is 24.6 Å². The van der Waals surface area contributed by atoms with E-state index in [0.29, 0.717) is 6.04 Å². The van der Waals surface area contributed by atoms with E-state index < -0.39 is 0 Å². The maximum atomic E-state index is 4.73. The van der Waals surface area contributed by atoms with E-state index in [1.54, 1.807) is 6.20 Å². The van der Waals surface area contributed by atoms with Crippen LogP contribution in [0.15, 0.2) is 60.9 Å². The molecule has 0 aliphatic carbocycles. The lowest BCUT2D eigenvalue weighted by Gasteiger charge is -2.17. The Bertz CT molecular complexity index is 793. The quantitative estimate of drug-likeness (QED) is 0.797. The van der Waals surface area contributed by atoms with Crippen LogP contribution in [0.4, 0.5) is 11.8 Å². The molecule has 0 bridgehead atoms. The van der Waals surface area contributed by atoms with E-state index in [1.807, 2.05) is 42.6 Å². The molecule has 0 saturated carbocycles. The van der Waals surface area contributed by atoms with Gasteiger partial charge >= 0.3 is 0 Å². The van der Waals surface area contributed by atoms with Crippen LogP contribution >= 0.6 is 0 Å². The van der Waals surface area contributed by atoms with Crippen LogP contribution in [0.25, 0.3) is 11.3 Å². The van der Waals surface area contributed by atoms with Crippen LogP contribution < -0.4 is 10.2 Å². The molecule has 1 aliphatic heterocycles. The van der Waals surface area contributed by atoms with Crippen molar-refractivity contribution in [3.05, 3.63) is 60.9 Å². The molecule has 0 spiro atoms. The Morgan fingerprint density at radius 3 is 2.75 bits per heavy atom. The number of nitrogens with zero attached hydrogens (tertiary/aromatic N) is 5. The van der Waals surface area contributed by atoms with E-state index >= 15 is 0 Å². The first-order valence-corrected chi connectivity index (χ1v) is 8.06.